The van der Waals surface area contributed by atoms with Crippen LogP contribution in [0.25, 0.3) is 0 Å². The van der Waals surface area contributed by atoms with Gasteiger partial charge in [-0.25, -0.2) is 22.0 Å². The minimum absolute atomic E-state index is 0.210. The zero-order chi connectivity index (χ0) is 58.5. The molecule has 5 aromatic rings. The highest BCUT2D eigenvalue weighted by Crippen LogP contribution is 2.13. The fourth-order valence-corrected chi connectivity index (χ4v) is 9.41. The van der Waals surface area contributed by atoms with Crippen molar-refractivity contribution in [3.63, 3.8) is 0 Å². The second kappa shape index (κ2) is 46.1. The van der Waals surface area contributed by atoms with E-state index in [9.17, 15) is 22.0 Å². The van der Waals surface area contributed by atoms with Crippen molar-refractivity contribution < 1.29 is 41.6 Å². The molecule has 0 aliphatic heterocycles. The van der Waals surface area contributed by atoms with E-state index in [1.807, 2.05) is 4.90 Å². The Labute approximate surface area is 477 Å². The van der Waals surface area contributed by atoms with Crippen LogP contribution in [0.4, 0.5) is 22.0 Å². The van der Waals surface area contributed by atoms with Crippen LogP contribution in [-0.2, 0) is 0 Å². The standard InChI is InChI=1S/C24H16BF4.3C12H27N.C6H6BFO3/c26-21-9-1-17(2-10-21)25(18-3-11-22(27)12-4-18,19-5-13-23(28)14-6-19)20-7-15-24(29)16-8-20;3*1-4-7-10-13(11-8-5-2)12-9-6-3;8-5-1-3-6(4-2-5)11-7(9)10/h1-16H;3*4-12H2,1-3H3;1-4,9-10H/q-1;;;;/p+1. The average Bonchev–Trinajstić information content (AvgIpc) is 3.60. The van der Waals surface area contributed by atoms with E-state index in [1.54, 1.807) is 48.5 Å². The van der Waals surface area contributed by atoms with Crippen LogP contribution in [-0.4, -0.2) is 92.2 Å². The van der Waals surface area contributed by atoms with Crippen molar-refractivity contribution in [1.29, 1.82) is 0 Å². The van der Waals surface area contributed by atoms with Crippen molar-refractivity contribution in [3.05, 3.63) is 150 Å². The molecule has 0 saturated carbocycles. The summed E-state index contributed by atoms with van der Waals surface area (Å²) in [5.74, 6) is -1.76. The molecule has 5 rings (SSSR count). The maximum absolute atomic E-state index is 13.7. The zero-order valence-electron chi connectivity index (χ0n) is 50.4. The molecule has 0 aromatic heterocycles. The van der Waals surface area contributed by atoms with Crippen LogP contribution in [0.1, 0.15) is 178 Å². The Morgan fingerprint density at radius 2 is 0.544 bits per heavy atom. The highest BCUT2D eigenvalue weighted by Gasteiger charge is 2.32. The lowest BCUT2D eigenvalue weighted by Crippen LogP contribution is -3.12. The van der Waals surface area contributed by atoms with Gasteiger partial charge in [-0.15, -0.1) is 0 Å². The fraction of sp³-hybridized carbons (Fsp3) is 0.545. The summed E-state index contributed by atoms with van der Waals surface area (Å²) in [4.78, 5) is 7.11. The van der Waals surface area contributed by atoms with Gasteiger partial charge in [-0.2, -0.15) is 21.9 Å². The molecule has 3 N–H and O–H groups in total. The third-order valence-corrected chi connectivity index (χ3v) is 14.2. The number of benzene rings is 5. The second-order valence-electron chi connectivity index (χ2n) is 20.8. The lowest BCUT2D eigenvalue weighted by atomic mass is 9.13. The van der Waals surface area contributed by atoms with Crippen molar-refractivity contribution in [2.75, 3.05) is 58.9 Å². The number of hydrogen-bond donors (Lipinski definition) is 3. The Hall–Kier alpha value is -4.52. The number of unbranched alkanes of at least 4 members (excludes halogenated alkanes) is 9. The monoisotopic (exact) mass is 1100 g/mol. The summed E-state index contributed by atoms with van der Waals surface area (Å²) >= 11 is 0. The Morgan fingerprint density at radius 1 is 0.342 bits per heavy atom. The first-order valence-electron chi connectivity index (χ1n) is 30.5. The summed E-state index contributed by atoms with van der Waals surface area (Å²) in [5, 5.41) is 16.6. The number of nitrogens with one attached hydrogen (secondary N) is 1. The van der Waals surface area contributed by atoms with E-state index in [1.165, 1.54) is 235 Å². The summed E-state index contributed by atoms with van der Waals surface area (Å²) < 4.78 is 71.5. The SMILES string of the molecule is CCCCN(CCCC)CCCC.CCCCN(CCCC)CCCC.CCCC[NH+](CCCC)CCCC.Fc1ccc([B-](c2ccc(F)cc2)(c2ccc(F)cc2)c2ccc(F)cc2)cc1.OB(O)Oc1ccc(F)cc1. The van der Waals surface area contributed by atoms with Crippen LogP contribution in [0.3, 0.4) is 0 Å². The van der Waals surface area contributed by atoms with Gasteiger partial charge in [0, 0.05) is 0 Å². The molecule has 0 saturated heterocycles. The molecule has 13 heteroatoms. The topological polar surface area (TPSA) is 60.6 Å². The molecule has 0 aliphatic rings. The molecule has 0 radical (unpaired) electrons. The highest BCUT2D eigenvalue weighted by molar-refractivity contribution is 7.19. The van der Waals surface area contributed by atoms with Gasteiger partial charge in [0.15, 0.2) is 0 Å². The Morgan fingerprint density at radius 3 is 0.734 bits per heavy atom. The maximum atomic E-state index is 13.7. The molecule has 442 valence electrons. The summed E-state index contributed by atoms with van der Waals surface area (Å²) in [6.45, 7) is 32.6. The third-order valence-electron chi connectivity index (χ3n) is 14.2. The fourth-order valence-electron chi connectivity index (χ4n) is 9.41. The van der Waals surface area contributed by atoms with Gasteiger partial charge < -0.3 is 29.4 Å². The van der Waals surface area contributed by atoms with Crippen LogP contribution in [0, 0.1) is 29.1 Å². The number of nitrogens with zero attached hydrogens (tertiary/aromatic N) is 2. The molecule has 0 amide bonds. The van der Waals surface area contributed by atoms with E-state index in [0.717, 1.165) is 34.0 Å². The van der Waals surface area contributed by atoms with Crippen LogP contribution >= 0.6 is 0 Å². The van der Waals surface area contributed by atoms with Gasteiger partial charge in [0.05, 0.1) is 19.6 Å². The van der Waals surface area contributed by atoms with Gasteiger partial charge in [0.25, 0.3) is 0 Å². The minimum atomic E-state index is -1.94. The molecule has 79 heavy (non-hydrogen) atoms. The lowest BCUT2D eigenvalue weighted by molar-refractivity contribution is -0.900. The van der Waals surface area contributed by atoms with Gasteiger partial charge in [-0.1, -0.05) is 169 Å². The average molecular weight is 1100 g/mol. The van der Waals surface area contributed by atoms with E-state index in [4.69, 9.17) is 10.0 Å². The summed E-state index contributed by atoms with van der Waals surface area (Å²) in [6.07, 6.45) is 22.5. The molecule has 5 aromatic carbocycles. The first kappa shape index (κ1) is 72.5. The van der Waals surface area contributed by atoms with Crippen molar-refractivity contribution in [2.24, 2.45) is 0 Å². The molecule has 0 heterocycles. The molecule has 0 aliphatic carbocycles. The van der Waals surface area contributed by atoms with Gasteiger partial charge >= 0.3 is 7.32 Å². The molecule has 0 spiro atoms. The van der Waals surface area contributed by atoms with Gasteiger partial charge in [-0.3, -0.25) is 0 Å². The molecule has 0 fully saturated rings. The summed E-state index contributed by atoms with van der Waals surface area (Å²) in [7, 11) is -1.86. The number of quaternary nitrogens is 1. The van der Waals surface area contributed by atoms with Crippen LogP contribution in [0.15, 0.2) is 121 Å². The van der Waals surface area contributed by atoms with E-state index < -0.39 is 42.6 Å². The van der Waals surface area contributed by atoms with E-state index in [-0.39, 0.29) is 5.75 Å². The van der Waals surface area contributed by atoms with Crippen molar-refractivity contribution in [2.45, 2.75) is 178 Å². The Bertz CT molecular complexity index is 1850. The number of halogens is 5. The highest BCUT2D eigenvalue weighted by atomic mass is 19.1. The molecule has 0 unspecified atom stereocenters. The smallest absolute Gasteiger partial charge is 0.512 e. The van der Waals surface area contributed by atoms with Gasteiger partial charge in [0.2, 0.25) is 0 Å². The minimum Gasteiger partial charge on any atom is -0.512 e. The van der Waals surface area contributed by atoms with E-state index in [2.05, 4.69) is 76.8 Å². The first-order valence-corrected chi connectivity index (χ1v) is 30.5. The molecule has 0 bridgehead atoms. The van der Waals surface area contributed by atoms with Crippen molar-refractivity contribution in [1.82, 2.24) is 9.80 Å². The Balaban J connectivity index is 0.000000532. The van der Waals surface area contributed by atoms with Crippen molar-refractivity contribution >= 4 is 35.3 Å². The number of rotatable bonds is 33. The lowest BCUT2D eigenvalue weighted by Gasteiger charge is -2.44. The van der Waals surface area contributed by atoms with E-state index >= 15 is 0 Å². The third kappa shape index (κ3) is 31.3. The van der Waals surface area contributed by atoms with Crippen LogP contribution in [0.5, 0.6) is 5.75 Å². The van der Waals surface area contributed by atoms with Crippen LogP contribution < -0.4 is 31.4 Å². The predicted octanol–water partition coefficient (Wildman–Crippen LogP) is 13.4. The summed E-state index contributed by atoms with van der Waals surface area (Å²) in [6, 6.07) is 29.0. The molecule has 6 nitrogen and oxygen atoms in total. The number of hydrogen-bond acceptors (Lipinski definition) is 5. The van der Waals surface area contributed by atoms with Crippen LogP contribution in [0.2, 0.25) is 0 Å². The Kier molecular flexibility index (Phi) is 42.3. The first-order chi connectivity index (χ1) is 38.2. The van der Waals surface area contributed by atoms with Gasteiger partial charge in [0.1, 0.15) is 41.0 Å². The summed E-state index contributed by atoms with van der Waals surface area (Å²) in [5.41, 5.74) is 2.99. The predicted molar refractivity (Wildman–Crippen MR) is 330 cm³/mol. The van der Waals surface area contributed by atoms with Gasteiger partial charge in [-0.05, 0) is 170 Å². The molecular weight excluding hydrogens is 999 g/mol. The normalized spacial score (nSPS) is 11.0. The largest absolute Gasteiger partial charge is 0.707 e. The molecular formula is C66H104B2F5N3O3. The van der Waals surface area contributed by atoms with Crippen molar-refractivity contribution in [3.8, 4) is 5.75 Å². The van der Waals surface area contributed by atoms with E-state index in [0.29, 0.717) is 0 Å². The zero-order valence-corrected chi connectivity index (χ0v) is 50.4. The molecule has 0 atom stereocenters. The quantitative estimate of drug-likeness (QED) is 0.0289. The maximum Gasteiger partial charge on any atom is 0.707 e. The second-order valence-corrected chi connectivity index (χ2v) is 20.8.